The SMILES string of the molecule is CCOc1cc(CN2CCC[C@@H](CCC(=O)NC3CC3)C2)ccc1OC. The molecule has 0 radical (unpaired) electrons. The number of rotatable bonds is 9. The van der Waals surface area contributed by atoms with Crippen LogP contribution < -0.4 is 14.8 Å². The monoisotopic (exact) mass is 360 g/mol. The third kappa shape index (κ3) is 5.63. The molecule has 3 rings (SSSR count). The molecule has 5 heteroatoms. The van der Waals surface area contributed by atoms with Crippen molar-refractivity contribution in [3.63, 3.8) is 0 Å². The zero-order valence-electron chi connectivity index (χ0n) is 16.1. The number of nitrogens with one attached hydrogen (secondary N) is 1. The van der Waals surface area contributed by atoms with Gasteiger partial charge in [-0.2, -0.15) is 0 Å². The lowest BCUT2D eigenvalue weighted by Crippen LogP contribution is -2.35. The fraction of sp³-hybridized carbons (Fsp3) is 0.667. The van der Waals surface area contributed by atoms with Gasteiger partial charge in [0.1, 0.15) is 0 Å². The number of nitrogens with zero attached hydrogens (tertiary/aromatic N) is 1. The molecule has 2 aliphatic rings. The highest BCUT2D eigenvalue weighted by molar-refractivity contribution is 5.76. The second-order valence-electron chi connectivity index (χ2n) is 7.54. The van der Waals surface area contributed by atoms with E-state index in [1.807, 2.05) is 13.0 Å². The molecule has 1 aromatic carbocycles. The molecular formula is C21H32N2O3. The lowest BCUT2D eigenvalue weighted by atomic mass is 9.93. The van der Waals surface area contributed by atoms with E-state index in [1.165, 1.54) is 18.4 Å². The van der Waals surface area contributed by atoms with Crippen molar-refractivity contribution in [2.75, 3.05) is 26.8 Å². The number of carbonyl (C=O) groups is 1. The fourth-order valence-electron chi connectivity index (χ4n) is 3.74. The number of methoxy groups -OCH3 is 1. The maximum absolute atomic E-state index is 11.9. The fourth-order valence-corrected chi connectivity index (χ4v) is 3.74. The molecule has 26 heavy (non-hydrogen) atoms. The molecule has 0 bridgehead atoms. The zero-order valence-corrected chi connectivity index (χ0v) is 16.1. The van der Waals surface area contributed by atoms with Crippen molar-refractivity contribution in [2.24, 2.45) is 5.92 Å². The van der Waals surface area contributed by atoms with Crippen molar-refractivity contribution < 1.29 is 14.3 Å². The Labute approximate surface area is 157 Å². The lowest BCUT2D eigenvalue weighted by Gasteiger charge is -2.32. The van der Waals surface area contributed by atoms with E-state index in [0.29, 0.717) is 25.0 Å². The van der Waals surface area contributed by atoms with Gasteiger partial charge in [0.15, 0.2) is 11.5 Å². The van der Waals surface area contributed by atoms with E-state index in [0.717, 1.165) is 50.4 Å². The van der Waals surface area contributed by atoms with Gasteiger partial charge in [-0.05, 0) is 69.2 Å². The van der Waals surface area contributed by atoms with E-state index < -0.39 is 0 Å². The van der Waals surface area contributed by atoms with Crippen LogP contribution >= 0.6 is 0 Å². The third-order valence-electron chi connectivity index (χ3n) is 5.26. The summed E-state index contributed by atoms with van der Waals surface area (Å²) >= 11 is 0. The molecule has 1 aliphatic heterocycles. The first-order chi connectivity index (χ1) is 12.7. The average molecular weight is 360 g/mol. The predicted molar refractivity (Wildman–Crippen MR) is 103 cm³/mol. The molecule has 1 amide bonds. The summed E-state index contributed by atoms with van der Waals surface area (Å²) in [7, 11) is 1.67. The minimum atomic E-state index is 0.237. The molecule has 1 saturated carbocycles. The van der Waals surface area contributed by atoms with Crippen molar-refractivity contribution in [3.05, 3.63) is 23.8 Å². The van der Waals surface area contributed by atoms with Crippen LogP contribution in [0.3, 0.4) is 0 Å². The van der Waals surface area contributed by atoms with Gasteiger partial charge in [0, 0.05) is 25.6 Å². The minimum Gasteiger partial charge on any atom is -0.493 e. The summed E-state index contributed by atoms with van der Waals surface area (Å²) in [6.07, 6.45) is 6.44. The summed E-state index contributed by atoms with van der Waals surface area (Å²) in [5.74, 6) is 2.46. The largest absolute Gasteiger partial charge is 0.493 e. The number of piperidine rings is 1. The number of hydrogen-bond acceptors (Lipinski definition) is 4. The van der Waals surface area contributed by atoms with Gasteiger partial charge in [-0.1, -0.05) is 6.07 Å². The Morgan fingerprint density at radius 3 is 2.85 bits per heavy atom. The first-order valence-corrected chi connectivity index (χ1v) is 9.99. The van der Waals surface area contributed by atoms with Crippen LogP contribution in [0.2, 0.25) is 0 Å². The molecule has 0 unspecified atom stereocenters. The van der Waals surface area contributed by atoms with E-state index in [2.05, 4.69) is 22.3 Å². The lowest BCUT2D eigenvalue weighted by molar-refractivity contribution is -0.121. The topological polar surface area (TPSA) is 50.8 Å². The molecule has 1 aromatic rings. The van der Waals surface area contributed by atoms with E-state index in [4.69, 9.17) is 9.47 Å². The second-order valence-corrected chi connectivity index (χ2v) is 7.54. The highest BCUT2D eigenvalue weighted by Gasteiger charge is 2.25. The Bertz CT molecular complexity index is 601. The van der Waals surface area contributed by atoms with Crippen LogP contribution in [-0.2, 0) is 11.3 Å². The highest BCUT2D eigenvalue weighted by Crippen LogP contribution is 2.29. The van der Waals surface area contributed by atoms with E-state index >= 15 is 0 Å². The maximum atomic E-state index is 11.9. The maximum Gasteiger partial charge on any atom is 0.220 e. The van der Waals surface area contributed by atoms with Gasteiger partial charge in [-0.15, -0.1) is 0 Å². The van der Waals surface area contributed by atoms with E-state index in [-0.39, 0.29) is 5.91 Å². The van der Waals surface area contributed by atoms with Crippen LogP contribution in [-0.4, -0.2) is 43.7 Å². The van der Waals surface area contributed by atoms with Crippen LogP contribution in [0.25, 0.3) is 0 Å². The molecule has 1 heterocycles. The average Bonchev–Trinajstić information content (AvgIpc) is 3.45. The smallest absolute Gasteiger partial charge is 0.220 e. The normalized spacial score (nSPS) is 20.6. The number of ether oxygens (including phenoxy) is 2. The molecular weight excluding hydrogens is 328 g/mol. The number of carbonyl (C=O) groups excluding carboxylic acids is 1. The van der Waals surface area contributed by atoms with Crippen LogP contribution in [0.15, 0.2) is 18.2 Å². The number of benzene rings is 1. The first kappa shape index (κ1) is 19.0. The summed E-state index contributed by atoms with van der Waals surface area (Å²) in [6, 6.07) is 6.67. The molecule has 5 nitrogen and oxygen atoms in total. The van der Waals surface area contributed by atoms with Gasteiger partial charge in [-0.3, -0.25) is 9.69 Å². The second kappa shape index (κ2) is 9.26. The van der Waals surface area contributed by atoms with Gasteiger partial charge < -0.3 is 14.8 Å². The van der Waals surface area contributed by atoms with Crippen LogP contribution in [0, 0.1) is 5.92 Å². The molecule has 0 aromatic heterocycles. The summed E-state index contributed by atoms with van der Waals surface area (Å²) in [6.45, 7) is 5.75. The van der Waals surface area contributed by atoms with Crippen molar-refractivity contribution in [1.29, 1.82) is 0 Å². The molecule has 1 aliphatic carbocycles. The molecule has 144 valence electrons. The summed E-state index contributed by atoms with van der Waals surface area (Å²) < 4.78 is 11.1. The van der Waals surface area contributed by atoms with Gasteiger partial charge in [0.05, 0.1) is 13.7 Å². The Morgan fingerprint density at radius 2 is 2.12 bits per heavy atom. The Hall–Kier alpha value is -1.75. The summed E-state index contributed by atoms with van der Waals surface area (Å²) in [5, 5.41) is 3.10. The predicted octanol–water partition coefficient (Wildman–Crippen LogP) is 3.36. The van der Waals surface area contributed by atoms with Crippen molar-refractivity contribution >= 4 is 5.91 Å². The Balaban J connectivity index is 1.49. The zero-order chi connectivity index (χ0) is 18.4. The third-order valence-corrected chi connectivity index (χ3v) is 5.26. The number of hydrogen-bond donors (Lipinski definition) is 1. The number of amides is 1. The van der Waals surface area contributed by atoms with Gasteiger partial charge in [0.2, 0.25) is 5.91 Å². The van der Waals surface area contributed by atoms with Crippen LogP contribution in [0.1, 0.15) is 51.0 Å². The standard InChI is InChI=1S/C21H32N2O3/c1-3-26-20-13-17(6-10-19(20)25-2)15-23-12-4-5-16(14-23)7-11-21(24)22-18-8-9-18/h6,10,13,16,18H,3-5,7-9,11-12,14-15H2,1-2H3,(H,22,24)/t16-/m0/s1. The van der Waals surface area contributed by atoms with Crippen molar-refractivity contribution in [2.45, 2.75) is 58.0 Å². The quantitative estimate of drug-likeness (QED) is 0.734. The molecule has 1 N–H and O–H groups in total. The molecule has 2 fully saturated rings. The Morgan fingerprint density at radius 1 is 1.27 bits per heavy atom. The van der Waals surface area contributed by atoms with Gasteiger partial charge >= 0.3 is 0 Å². The van der Waals surface area contributed by atoms with E-state index in [1.54, 1.807) is 7.11 Å². The summed E-state index contributed by atoms with van der Waals surface area (Å²) in [4.78, 5) is 14.4. The summed E-state index contributed by atoms with van der Waals surface area (Å²) in [5.41, 5.74) is 1.25. The van der Waals surface area contributed by atoms with E-state index in [9.17, 15) is 4.79 Å². The minimum absolute atomic E-state index is 0.237. The van der Waals surface area contributed by atoms with Gasteiger partial charge in [-0.25, -0.2) is 0 Å². The number of likely N-dealkylation sites (tertiary alicyclic amines) is 1. The van der Waals surface area contributed by atoms with Crippen LogP contribution in [0.4, 0.5) is 0 Å². The van der Waals surface area contributed by atoms with Crippen molar-refractivity contribution in [1.82, 2.24) is 10.2 Å². The van der Waals surface area contributed by atoms with Crippen molar-refractivity contribution in [3.8, 4) is 11.5 Å². The highest BCUT2D eigenvalue weighted by atomic mass is 16.5. The molecule has 1 saturated heterocycles. The Kier molecular flexibility index (Phi) is 6.78. The van der Waals surface area contributed by atoms with Gasteiger partial charge in [0.25, 0.3) is 0 Å². The first-order valence-electron chi connectivity index (χ1n) is 9.99. The molecule has 0 spiro atoms. The van der Waals surface area contributed by atoms with Crippen LogP contribution in [0.5, 0.6) is 11.5 Å². The molecule has 1 atom stereocenters.